The molecule has 0 aliphatic carbocycles. The van der Waals surface area contributed by atoms with Gasteiger partial charge in [0.2, 0.25) is 0 Å². The van der Waals surface area contributed by atoms with Crippen LogP contribution in [0.3, 0.4) is 0 Å². The SMILES string of the molecule is COC(=O)Cc1cc(C(F)F)c(C)c(I)n1. The van der Waals surface area contributed by atoms with Crippen molar-refractivity contribution in [3.05, 3.63) is 26.6 Å². The van der Waals surface area contributed by atoms with Crippen molar-refractivity contribution in [2.45, 2.75) is 19.8 Å². The van der Waals surface area contributed by atoms with E-state index in [1.54, 1.807) is 6.92 Å². The molecule has 88 valence electrons. The minimum atomic E-state index is -2.56. The van der Waals surface area contributed by atoms with Crippen molar-refractivity contribution in [3.8, 4) is 0 Å². The molecule has 0 fully saturated rings. The Bertz CT molecular complexity index is 410. The molecule has 1 heterocycles. The van der Waals surface area contributed by atoms with Gasteiger partial charge in [0.25, 0.3) is 6.43 Å². The molecular weight excluding hydrogens is 331 g/mol. The summed E-state index contributed by atoms with van der Waals surface area (Å²) in [6.07, 6.45) is -2.65. The van der Waals surface area contributed by atoms with Crippen molar-refractivity contribution in [3.63, 3.8) is 0 Å². The fourth-order valence-corrected chi connectivity index (χ4v) is 1.81. The molecular formula is C10H10F2INO2. The molecule has 0 aliphatic heterocycles. The minimum absolute atomic E-state index is 0.0849. The van der Waals surface area contributed by atoms with E-state index in [4.69, 9.17) is 0 Å². The third kappa shape index (κ3) is 3.10. The molecule has 0 atom stereocenters. The fourth-order valence-electron chi connectivity index (χ4n) is 1.19. The molecule has 1 aromatic heterocycles. The zero-order valence-electron chi connectivity index (χ0n) is 8.76. The van der Waals surface area contributed by atoms with Gasteiger partial charge < -0.3 is 4.74 Å². The van der Waals surface area contributed by atoms with Crippen molar-refractivity contribution in [2.24, 2.45) is 0 Å². The van der Waals surface area contributed by atoms with E-state index in [9.17, 15) is 13.6 Å². The number of methoxy groups -OCH3 is 1. The number of esters is 1. The number of carbonyl (C=O) groups excluding carboxylic acids is 1. The van der Waals surface area contributed by atoms with Crippen LogP contribution < -0.4 is 0 Å². The van der Waals surface area contributed by atoms with Gasteiger partial charge in [0.15, 0.2) is 0 Å². The second-order valence-corrected chi connectivity index (χ2v) is 4.19. The van der Waals surface area contributed by atoms with E-state index < -0.39 is 12.4 Å². The molecule has 1 aromatic rings. The maximum Gasteiger partial charge on any atom is 0.311 e. The second kappa shape index (κ2) is 5.51. The normalized spacial score (nSPS) is 10.6. The summed E-state index contributed by atoms with van der Waals surface area (Å²) in [5.74, 6) is -0.493. The summed E-state index contributed by atoms with van der Waals surface area (Å²) in [7, 11) is 1.25. The lowest BCUT2D eigenvalue weighted by Crippen LogP contribution is -2.08. The second-order valence-electron chi connectivity index (χ2n) is 3.17. The van der Waals surface area contributed by atoms with Crippen LogP contribution in [-0.2, 0) is 16.0 Å². The summed E-state index contributed by atoms with van der Waals surface area (Å²) in [6.45, 7) is 1.58. The van der Waals surface area contributed by atoms with Crippen LogP contribution in [0.25, 0.3) is 0 Å². The summed E-state index contributed by atoms with van der Waals surface area (Å²) >= 11 is 1.87. The van der Waals surface area contributed by atoms with Crippen molar-refractivity contribution >= 4 is 28.6 Å². The van der Waals surface area contributed by atoms with Gasteiger partial charge in [-0.2, -0.15) is 0 Å². The standard InChI is InChI=1S/C10H10F2INO2/c1-5-7(9(11)12)3-6(14-10(5)13)4-8(15)16-2/h3,9H,4H2,1-2H3. The van der Waals surface area contributed by atoms with E-state index in [0.717, 1.165) is 0 Å². The molecule has 3 nitrogen and oxygen atoms in total. The molecule has 0 radical (unpaired) electrons. The van der Waals surface area contributed by atoms with Gasteiger partial charge in [0, 0.05) is 5.56 Å². The van der Waals surface area contributed by atoms with E-state index in [1.807, 2.05) is 22.6 Å². The Morgan fingerprint density at radius 3 is 2.75 bits per heavy atom. The quantitative estimate of drug-likeness (QED) is 0.482. The Balaban J connectivity index is 3.09. The number of aromatic nitrogens is 1. The predicted octanol–water partition coefficient (Wildman–Crippen LogP) is 2.65. The van der Waals surface area contributed by atoms with E-state index in [2.05, 4.69) is 9.72 Å². The maximum atomic E-state index is 12.7. The molecule has 0 aliphatic rings. The summed E-state index contributed by atoms with van der Waals surface area (Å²) in [4.78, 5) is 15.1. The number of pyridine rings is 1. The van der Waals surface area contributed by atoms with Crippen LogP contribution in [0.5, 0.6) is 0 Å². The van der Waals surface area contributed by atoms with E-state index in [-0.39, 0.29) is 12.0 Å². The number of hydrogen-bond acceptors (Lipinski definition) is 3. The molecule has 1 rings (SSSR count). The monoisotopic (exact) mass is 341 g/mol. The molecule has 0 saturated heterocycles. The van der Waals surface area contributed by atoms with Crippen LogP contribution in [0.4, 0.5) is 8.78 Å². The van der Waals surface area contributed by atoms with Crippen LogP contribution in [0.1, 0.15) is 23.2 Å². The molecule has 6 heteroatoms. The highest BCUT2D eigenvalue weighted by Crippen LogP contribution is 2.25. The lowest BCUT2D eigenvalue weighted by atomic mass is 10.1. The summed E-state index contributed by atoms with van der Waals surface area (Å²) < 4.78 is 30.3. The van der Waals surface area contributed by atoms with Gasteiger partial charge in [-0.3, -0.25) is 4.79 Å². The molecule has 16 heavy (non-hydrogen) atoms. The highest BCUT2D eigenvalue weighted by molar-refractivity contribution is 14.1. The van der Waals surface area contributed by atoms with Gasteiger partial charge in [-0.15, -0.1) is 0 Å². The van der Waals surface area contributed by atoms with Gasteiger partial charge in [0.1, 0.15) is 3.70 Å². The Kier molecular flexibility index (Phi) is 4.57. The molecule has 0 N–H and O–H groups in total. The van der Waals surface area contributed by atoms with Gasteiger partial charge in [-0.05, 0) is 41.1 Å². The third-order valence-corrected chi connectivity index (χ3v) is 3.14. The first kappa shape index (κ1) is 13.3. The number of hydrogen-bond donors (Lipinski definition) is 0. The number of carbonyl (C=O) groups is 1. The number of alkyl halides is 2. The first-order chi connectivity index (χ1) is 7.45. The molecule has 0 bridgehead atoms. The maximum absolute atomic E-state index is 12.7. The zero-order chi connectivity index (χ0) is 12.3. The van der Waals surface area contributed by atoms with Crippen LogP contribution in [-0.4, -0.2) is 18.1 Å². The van der Waals surface area contributed by atoms with Crippen molar-refractivity contribution in [1.82, 2.24) is 4.98 Å². The Hall–Kier alpha value is -0.790. The third-order valence-electron chi connectivity index (χ3n) is 2.09. The Labute approximate surface area is 105 Å². The Morgan fingerprint density at radius 2 is 2.25 bits per heavy atom. The average molecular weight is 341 g/mol. The number of halogens is 3. The lowest BCUT2D eigenvalue weighted by Gasteiger charge is -2.09. The fraction of sp³-hybridized carbons (Fsp3) is 0.400. The summed E-state index contributed by atoms with van der Waals surface area (Å²) in [6, 6.07) is 1.25. The lowest BCUT2D eigenvalue weighted by molar-refractivity contribution is -0.139. The molecule has 0 spiro atoms. The van der Waals surface area contributed by atoms with E-state index >= 15 is 0 Å². The largest absolute Gasteiger partial charge is 0.469 e. The van der Waals surface area contributed by atoms with Crippen molar-refractivity contribution < 1.29 is 18.3 Å². The van der Waals surface area contributed by atoms with Crippen molar-refractivity contribution in [1.29, 1.82) is 0 Å². The van der Waals surface area contributed by atoms with Crippen LogP contribution in [0.15, 0.2) is 6.07 Å². The smallest absolute Gasteiger partial charge is 0.311 e. The van der Waals surface area contributed by atoms with Gasteiger partial charge >= 0.3 is 5.97 Å². The van der Waals surface area contributed by atoms with Crippen LogP contribution in [0, 0.1) is 10.6 Å². The zero-order valence-corrected chi connectivity index (χ0v) is 10.9. The topological polar surface area (TPSA) is 39.2 Å². The van der Waals surface area contributed by atoms with E-state index in [0.29, 0.717) is 15.0 Å². The van der Waals surface area contributed by atoms with Gasteiger partial charge in [0.05, 0.1) is 19.2 Å². The first-order valence-electron chi connectivity index (χ1n) is 4.46. The molecule has 0 unspecified atom stereocenters. The first-order valence-corrected chi connectivity index (χ1v) is 5.54. The number of rotatable bonds is 3. The number of ether oxygens (including phenoxy) is 1. The average Bonchev–Trinajstić information content (AvgIpc) is 2.22. The molecule has 0 amide bonds. The predicted molar refractivity (Wildman–Crippen MR) is 62.4 cm³/mol. The Morgan fingerprint density at radius 1 is 1.62 bits per heavy atom. The van der Waals surface area contributed by atoms with E-state index in [1.165, 1.54) is 13.2 Å². The van der Waals surface area contributed by atoms with Crippen LogP contribution in [0.2, 0.25) is 0 Å². The van der Waals surface area contributed by atoms with Crippen LogP contribution >= 0.6 is 22.6 Å². The minimum Gasteiger partial charge on any atom is -0.469 e. The highest BCUT2D eigenvalue weighted by atomic mass is 127. The molecule has 0 aromatic carbocycles. The summed E-state index contributed by atoms with van der Waals surface area (Å²) in [5, 5.41) is 0. The number of nitrogens with zero attached hydrogens (tertiary/aromatic N) is 1. The summed E-state index contributed by atoms with van der Waals surface area (Å²) in [5.41, 5.74) is 0.666. The molecule has 0 saturated carbocycles. The van der Waals surface area contributed by atoms with Crippen molar-refractivity contribution in [2.75, 3.05) is 7.11 Å². The van der Waals surface area contributed by atoms with Gasteiger partial charge in [-0.25, -0.2) is 13.8 Å². The highest BCUT2D eigenvalue weighted by Gasteiger charge is 2.16. The van der Waals surface area contributed by atoms with Gasteiger partial charge in [-0.1, -0.05) is 0 Å².